The summed E-state index contributed by atoms with van der Waals surface area (Å²) in [4.78, 5) is 26.1. The van der Waals surface area contributed by atoms with Crippen LogP contribution in [0.1, 0.15) is 12.5 Å². The van der Waals surface area contributed by atoms with Crippen LogP contribution in [0.5, 0.6) is 0 Å². The van der Waals surface area contributed by atoms with E-state index >= 15 is 0 Å². The molecule has 0 radical (unpaired) electrons. The fourth-order valence-corrected chi connectivity index (χ4v) is 2.91. The predicted octanol–water partition coefficient (Wildman–Crippen LogP) is 5.96. The minimum Gasteiger partial charge on any atom is -0.348 e. The molecule has 30 heavy (non-hydrogen) atoms. The van der Waals surface area contributed by atoms with Crippen LogP contribution in [0, 0.1) is 0 Å². The number of amides is 3. The molecule has 0 aliphatic carbocycles. The van der Waals surface area contributed by atoms with Gasteiger partial charge in [-0.15, -0.1) is 0 Å². The first-order valence-electron chi connectivity index (χ1n) is 8.63. The molecule has 1 aromatic heterocycles. The average Bonchev–Trinajstić information content (AvgIpc) is 3.10. The molecule has 0 atom stereocenters. The molecule has 0 bridgehead atoms. The summed E-state index contributed by atoms with van der Waals surface area (Å²) in [7, 11) is 0. The zero-order valence-corrected chi connectivity index (χ0v) is 16.3. The molecule has 0 unspecified atom stereocenters. The first-order chi connectivity index (χ1) is 14.1. The third-order valence-corrected chi connectivity index (χ3v) is 4.33. The predicted molar refractivity (Wildman–Crippen MR) is 110 cm³/mol. The van der Waals surface area contributed by atoms with E-state index in [1.54, 1.807) is 36.5 Å². The van der Waals surface area contributed by atoms with Gasteiger partial charge in [0.2, 0.25) is 5.91 Å². The van der Waals surface area contributed by atoms with Crippen LogP contribution < -0.4 is 16.0 Å². The Labute approximate surface area is 174 Å². The van der Waals surface area contributed by atoms with E-state index in [9.17, 15) is 22.8 Å². The van der Waals surface area contributed by atoms with Crippen molar-refractivity contribution in [2.24, 2.45) is 0 Å². The van der Waals surface area contributed by atoms with Crippen LogP contribution in [0.4, 0.5) is 35.2 Å². The van der Waals surface area contributed by atoms with Gasteiger partial charge >= 0.3 is 12.2 Å². The molecule has 0 aliphatic heterocycles. The van der Waals surface area contributed by atoms with Crippen molar-refractivity contribution in [3.05, 3.63) is 65.3 Å². The van der Waals surface area contributed by atoms with Gasteiger partial charge in [-0.25, -0.2) is 4.79 Å². The number of alkyl halides is 3. The maximum Gasteiger partial charge on any atom is 0.417 e. The molecule has 3 amide bonds. The zero-order valence-electron chi connectivity index (χ0n) is 15.5. The Morgan fingerprint density at radius 1 is 0.900 bits per heavy atom. The highest BCUT2D eigenvalue weighted by molar-refractivity contribution is 6.31. The van der Waals surface area contributed by atoms with Crippen molar-refractivity contribution in [3.63, 3.8) is 0 Å². The van der Waals surface area contributed by atoms with Crippen LogP contribution in [0.15, 0.2) is 54.7 Å². The van der Waals surface area contributed by atoms with Gasteiger partial charge in [-0.05, 0) is 42.0 Å². The minimum absolute atomic E-state index is 0.0429. The molecule has 0 aliphatic rings. The third-order valence-electron chi connectivity index (χ3n) is 4.00. The molecule has 6 nitrogen and oxygen atoms in total. The molecule has 1 heterocycles. The van der Waals surface area contributed by atoms with Gasteiger partial charge in [-0.2, -0.15) is 13.2 Å². The van der Waals surface area contributed by atoms with E-state index in [-0.39, 0.29) is 11.6 Å². The summed E-state index contributed by atoms with van der Waals surface area (Å²) in [6.07, 6.45) is -2.90. The smallest absolute Gasteiger partial charge is 0.348 e. The molecule has 10 heteroatoms. The van der Waals surface area contributed by atoms with Crippen LogP contribution in [0.3, 0.4) is 0 Å². The number of hydrogen-bond donors (Lipinski definition) is 4. The summed E-state index contributed by atoms with van der Waals surface area (Å²) in [6, 6.07) is 11.0. The molecule has 3 aromatic rings. The Bertz CT molecular complexity index is 1080. The zero-order chi connectivity index (χ0) is 21.9. The summed E-state index contributed by atoms with van der Waals surface area (Å²) >= 11 is 5.57. The number of carbonyl (C=O) groups is 2. The molecule has 156 valence electrons. The molecular formula is C20H16ClF3N4O2. The lowest BCUT2D eigenvalue weighted by atomic mass is 10.1. The van der Waals surface area contributed by atoms with Crippen LogP contribution in [-0.2, 0) is 11.0 Å². The number of anilines is 3. The number of carbonyl (C=O) groups excluding carboxylic acids is 2. The van der Waals surface area contributed by atoms with E-state index in [0.717, 1.165) is 23.3 Å². The van der Waals surface area contributed by atoms with E-state index in [1.165, 1.54) is 13.0 Å². The standard InChI is InChI=1S/C20H16ClF3N4O2/c1-11(29)26-18-8-13(10-25-18)12-2-4-14(5-3-12)27-19(30)28-15-6-7-17(21)16(9-15)20(22,23)24/h2-10,25H,1H3,(H,26,29)(H2,27,28,30). The average molecular weight is 437 g/mol. The van der Waals surface area contributed by atoms with Crippen molar-refractivity contribution >= 4 is 40.7 Å². The largest absolute Gasteiger partial charge is 0.417 e. The molecule has 2 aromatic carbocycles. The highest BCUT2D eigenvalue weighted by Gasteiger charge is 2.33. The van der Waals surface area contributed by atoms with Crippen molar-refractivity contribution in [1.82, 2.24) is 4.98 Å². The van der Waals surface area contributed by atoms with E-state index in [2.05, 4.69) is 20.9 Å². The molecular weight excluding hydrogens is 421 g/mol. The summed E-state index contributed by atoms with van der Waals surface area (Å²) in [5.74, 6) is 0.359. The molecule has 0 fully saturated rings. The number of aromatic amines is 1. The number of aromatic nitrogens is 1. The SMILES string of the molecule is CC(=O)Nc1cc(-c2ccc(NC(=O)Nc3ccc(Cl)c(C(F)(F)F)c3)cc2)c[nH]1. The van der Waals surface area contributed by atoms with Gasteiger partial charge in [0.1, 0.15) is 5.82 Å². The van der Waals surface area contributed by atoms with Crippen LogP contribution in [0.2, 0.25) is 5.02 Å². The fourth-order valence-electron chi connectivity index (χ4n) is 2.68. The van der Waals surface area contributed by atoms with Crippen LogP contribution in [-0.4, -0.2) is 16.9 Å². The lowest BCUT2D eigenvalue weighted by Gasteiger charge is -2.12. The lowest BCUT2D eigenvalue weighted by Crippen LogP contribution is -2.19. The van der Waals surface area contributed by atoms with Crippen molar-refractivity contribution in [1.29, 1.82) is 0 Å². The normalized spacial score (nSPS) is 11.1. The Morgan fingerprint density at radius 3 is 2.17 bits per heavy atom. The van der Waals surface area contributed by atoms with Crippen molar-refractivity contribution in [2.45, 2.75) is 13.1 Å². The molecule has 0 spiro atoms. The number of H-pyrrole nitrogens is 1. The first-order valence-corrected chi connectivity index (χ1v) is 9.01. The van der Waals surface area contributed by atoms with Gasteiger partial charge in [0, 0.05) is 30.1 Å². The van der Waals surface area contributed by atoms with Crippen LogP contribution >= 0.6 is 11.6 Å². The number of urea groups is 1. The summed E-state index contributed by atoms with van der Waals surface area (Å²) < 4.78 is 38.8. The number of halogens is 4. The number of benzene rings is 2. The quantitative estimate of drug-likeness (QED) is 0.407. The van der Waals surface area contributed by atoms with Gasteiger partial charge in [-0.3, -0.25) is 4.79 Å². The number of rotatable bonds is 4. The van der Waals surface area contributed by atoms with Gasteiger partial charge in [-0.1, -0.05) is 23.7 Å². The Kier molecular flexibility index (Phi) is 6.02. The summed E-state index contributed by atoms with van der Waals surface area (Å²) in [5, 5.41) is 7.07. The Hall–Kier alpha value is -3.46. The Morgan fingerprint density at radius 2 is 1.53 bits per heavy atom. The maximum atomic E-state index is 12.9. The molecule has 0 saturated carbocycles. The van der Waals surface area contributed by atoms with Gasteiger partial charge in [0.15, 0.2) is 0 Å². The van der Waals surface area contributed by atoms with Crippen molar-refractivity contribution in [3.8, 4) is 11.1 Å². The second kappa shape index (κ2) is 8.50. The number of nitrogens with one attached hydrogen (secondary N) is 4. The first kappa shape index (κ1) is 21.3. The van der Waals surface area contributed by atoms with Gasteiger partial charge < -0.3 is 20.9 Å². The second-order valence-electron chi connectivity index (χ2n) is 6.33. The van der Waals surface area contributed by atoms with Crippen molar-refractivity contribution in [2.75, 3.05) is 16.0 Å². The summed E-state index contributed by atoms with van der Waals surface area (Å²) in [6.45, 7) is 1.40. The topological polar surface area (TPSA) is 86.0 Å². The fraction of sp³-hybridized carbons (Fsp3) is 0.100. The highest BCUT2D eigenvalue weighted by atomic mass is 35.5. The Balaban J connectivity index is 1.65. The van der Waals surface area contributed by atoms with Crippen molar-refractivity contribution < 1.29 is 22.8 Å². The lowest BCUT2D eigenvalue weighted by molar-refractivity contribution is -0.137. The molecule has 3 rings (SSSR count). The van der Waals surface area contributed by atoms with E-state index < -0.39 is 22.8 Å². The van der Waals surface area contributed by atoms with E-state index in [4.69, 9.17) is 11.6 Å². The monoisotopic (exact) mass is 436 g/mol. The van der Waals surface area contributed by atoms with Gasteiger partial charge in [0.05, 0.1) is 10.6 Å². The highest BCUT2D eigenvalue weighted by Crippen LogP contribution is 2.36. The van der Waals surface area contributed by atoms with Gasteiger partial charge in [0.25, 0.3) is 0 Å². The maximum absolute atomic E-state index is 12.9. The molecule has 0 saturated heterocycles. The number of hydrogen-bond acceptors (Lipinski definition) is 2. The molecule has 4 N–H and O–H groups in total. The van der Waals surface area contributed by atoms with E-state index in [0.29, 0.717) is 11.5 Å². The second-order valence-corrected chi connectivity index (χ2v) is 6.74. The van der Waals surface area contributed by atoms with E-state index in [1.807, 2.05) is 0 Å². The summed E-state index contributed by atoms with van der Waals surface area (Å²) in [5.41, 5.74) is 1.03. The third kappa shape index (κ3) is 5.32. The minimum atomic E-state index is -4.63. The van der Waals surface area contributed by atoms with Crippen LogP contribution in [0.25, 0.3) is 11.1 Å².